The molecule has 0 aliphatic heterocycles. The minimum atomic E-state index is 0.424. The summed E-state index contributed by atoms with van der Waals surface area (Å²) >= 11 is 0. The van der Waals surface area contributed by atoms with Gasteiger partial charge in [-0.05, 0) is 51.1 Å². The lowest BCUT2D eigenvalue weighted by atomic mass is 10.1. The van der Waals surface area contributed by atoms with Crippen LogP contribution in [0.5, 0.6) is 0 Å². The van der Waals surface area contributed by atoms with Crippen molar-refractivity contribution in [3.8, 4) is 23.0 Å². The zero-order valence-corrected chi connectivity index (χ0v) is 13.6. The Balaban J connectivity index is 1.86. The fraction of sp³-hybridized carbons (Fsp3) is 0.167. The SMILES string of the molecule is Cc1ccc2nc(C)cc(-c3nc(-c4ccc(C)nn4)no3)c2c1. The van der Waals surface area contributed by atoms with Gasteiger partial charge in [0.1, 0.15) is 5.69 Å². The van der Waals surface area contributed by atoms with Crippen molar-refractivity contribution in [1.82, 2.24) is 25.3 Å². The molecule has 0 radical (unpaired) electrons. The van der Waals surface area contributed by atoms with Gasteiger partial charge in [-0.2, -0.15) is 10.1 Å². The van der Waals surface area contributed by atoms with E-state index in [4.69, 9.17) is 4.52 Å². The fourth-order valence-corrected chi connectivity index (χ4v) is 2.60. The molecular weight excluding hydrogens is 302 g/mol. The minimum absolute atomic E-state index is 0.424. The number of rotatable bonds is 2. The van der Waals surface area contributed by atoms with Gasteiger partial charge in [0.2, 0.25) is 5.82 Å². The largest absolute Gasteiger partial charge is 0.334 e. The van der Waals surface area contributed by atoms with E-state index in [1.54, 1.807) is 0 Å². The van der Waals surface area contributed by atoms with Gasteiger partial charge in [0.15, 0.2) is 0 Å². The van der Waals surface area contributed by atoms with E-state index in [1.807, 2.05) is 51.1 Å². The Kier molecular flexibility index (Phi) is 3.30. The summed E-state index contributed by atoms with van der Waals surface area (Å²) in [4.78, 5) is 9.06. The second-order valence-corrected chi connectivity index (χ2v) is 5.81. The molecule has 0 amide bonds. The normalized spacial score (nSPS) is 11.1. The molecule has 6 nitrogen and oxygen atoms in total. The predicted molar refractivity (Wildman–Crippen MR) is 90.3 cm³/mol. The first kappa shape index (κ1) is 14.4. The summed E-state index contributed by atoms with van der Waals surface area (Å²) in [7, 11) is 0. The molecule has 0 aliphatic carbocycles. The van der Waals surface area contributed by atoms with Crippen LogP contribution in [0.2, 0.25) is 0 Å². The van der Waals surface area contributed by atoms with E-state index in [0.29, 0.717) is 17.4 Å². The van der Waals surface area contributed by atoms with Crippen LogP contribution in [0.3, 0.4) is 0 Å². The highest BCUT2D eigenvalue weighted by Crippen LogP contribution is 2.29. The standard InChI is InChI=1S/C18H15N5O/c1-10-4-6-15-13(8-10)14(9-12(3)19-15)18-20-17(23-24-18)16-7-5-11(2)21-22-16/h4-9H,1-3H3. The molecule has 1 aromatic carbocycles. The second-order valence-electron chi connectivity index (χ2n) is 5.81. The van der Waals surface area contributed by atoms with E-state index >= 15 is 0 Å². The lowest BCUT2D eigenvalue weighted by Gasteiger charge is -2.05. The predicted octanol–water partition coefficient (Wildman–Crippen LogP) is 3.67. The first-order valence-corrected chi connectivity index (χ1v) is 7.63. The van der Waals surface area contributed by atoms with Crippen molar-refractivity contribution >= 4 is 10.9 Å². The zero-order valence-electron chi connectivity index (χ0n) is 13.6. The van der Waals surface area contributed by atoms with E-state index in [-0.39, 0.29) is 0 Å². The van der Waals surface area contributed by atoms with Gasteiger partial charge >= 0.3 is 0 Å². The molecular formula is C18H15N5O. The number of pyridine rings is 1. The maximum absolute atomic E-state index is 5.48. The summed E-state index contributed by atoms with van der Waals surface area (Å²) in [5, 5.41) is 13.2. The van der Waals surface area contributed by atoms with Crippen LogP contribution >= 0.6 is 0 Å². The van der Waals surface area contributed by atoms with Gasteiger partial charge in [-0.3, -0.25) is 4.98 Å². The zero-order chi connectivity index (χ0) is 16.7. The molecule has 0 spiro atoms. The highest BCUT2D eigenvalue weighted by molar-refractivity contribution is 5.93. The van der Waals surface area contributed by atoms with Crippen molar-refractivity contribution < 1.29 is 4.52 Å². The molecule has 6 heteroatoms. The molecule has 0 saturated carbocycles. The number of hydrogen-bond donors (Lipinski definition) is 0. The van der Waals surface area contributed by atoms with Crippen LogP contribution in [0.4, 0.5) is 0 Å². The molecule has 3 heterocycles. The Morgan fingerprint density at radius 2 is 1.71 bits per heavy atom. The Morgan fingerprint density at radius 3 is 2.50 bits per heavy atom. The molecule has 3 aromatic heterocycles. The molecule has 118 valence electrons. The van der Waals surface area contributed by atoms with E-state index < -0.39 is 0 Å². The summed E-state index contributed by atoms with van der Waals surface area (Å²) in [5.41, 5.74) is 5.26. The van der Waals surface area contributed by atoms with Crippen molar-refractivity contribution in [3.63, 3.8) is 0 Å². The molecule has 0 unspecified atom stereocenters. The molecule has 4 rings (SSSR count). The summed E-state index contributed by atoms with van der Waals surface area (Å²) in [6, 6.07) is 11.8. The van der Waals surface area contributed by atoms with Crippen molar-refractivity contribution in [2.24, 2.45) is 0 Å². The molecule has 0 aliphatic rings. The number of aromatic nitrogens is 5. The van der Waals surface area contributed by atoms with Crippen molar-refractivity contribution in [1.29, 1.82) is 0 Å². The Labute approximate surface area is 138 Å². The van der Waals surface area contributed by atoms with Crippen LogP contribution in [-0.2, 0) is 0 Å². The first-order chi connectivity index (χ1) is 11.6. The Bertz CT molecular complexity index is 1040. The van der Waals surface area contributed by atoms with Crippen LogP contribution in [0, 0.1) is 20.8 Å². The second kappa shape index (κ2) is 5.49. The smallest absolute Gasteiger partial charge is 0.259 e. The molecule has 0 bridgehead atoms. The number of nitrogens with zero attached hydrogens (tertiary/aromatic N) is 5. The lowest BCUT2D eigenvalue weighted by Crippen LogP contribution is -1.92. The highest BCUT2D eigenvalue weighted by atomic mass is 16.5. The minimum Gasteiger partial charge on any atom is -0.334 e. The van der Waals surface area contributed by atoms with Crippen LogP contribution in [0.25, 0.3) is 33.9 Å². The molecule has 0 atom stereocenters. The van der Waals surface area contributed by atoms with Crippen LogP contribution < -0.4 is 0 Å². The quantitative estimate of drug-likeness (QED) is 0.561. The average molecular weight is 317 g/mol. The third-order valence-electron chi connectivity index (χ3n) is 3.78. The van der Waals surface area contributed by atoms with Crippen molar-refractivity contribution in [2.45, 2.75) is 20.8 Å². The Morgan fingerprint density at radius 1 is 0.833 bits per heavy atom. The van der Waals surface area contributed by atoms with Gasteiger partial charge in [0, 0.05) is 11.1 Å². The van der Waals surface area contributed by atoms with Gasteiger partial charge < -0.3 is 4.52 Å². The maximum atomic E-state index is 5.48. The Hall–Kier alpha value is -3.15. The number of hydrogen-bond acceptors (Lipinski definition) is 6. The average Bonchev–Trinajstić information content (AvgIpc) is 3.05. The van der Waals surface area contributed by atoms with Crippen molar-refractivity contribution in [2.75, 3.05) is 0 Å². The van der Waals surface area contributed by atoms with Gasteiger partial charge in [-0.1, -0.05) is 16.8 Å². The summed E-state index contributed by atoms with van der Waals surface area (Å²) < 4.78 is 5.48. The van der Waals surface area contributed by atoms with Crippen LogP contribution in [-0.4, -0.2) is 25.3 Å². The molecule has 24 heavy (non-hydrogen) atoms. The van der Waals surface area contributed by atoms with E-state index in [0.717, 1.165) is 33.4 Å². The van der Waals surface area contributed by atoms with Gasteiger partial charge in [-0.15, -0.1) is 5.10 Å². The van der Waals surface area contributed by atoms with E-state index in [9.17, 15) is 0 Å². The number of aryl methyl sites for hydroxylation is 3. The third-order valence-corrected chi connectivity index (χ3v) is 3.78. The van der Waals surface area contributed by atoms with Gasteiger partial charge in [-0.25, -0.2) is 0 Å². The maximum Gasteiger partial charge on any atom is 0.259 e. The van der Waals surface area contributed by atoms with Gasteiger partial charge in [0.05, 0.1) is 16.8 Å². The first-order valence-electron chi connectivity index (χ1n) is 7.63. The molecule has 0 N–H and O–H groups in total. The van der Waals surface area contributed by atoms with E-state index in [2.05, 4.69) is 31.4 Å². The molecule has 4 aromatic rings. The highest BCUT2D eigenvalue weighted by Gasteiger charge is 2.15. The lowest BCUT2D eigenvalue weighted by molar-refractivity contribution is 0.432. The van der Waals surface area contributed by atoms with E-state index in [1.165, 1.54) is 0 Å². The topological polar surface area (TPSA) is 77.6 Å². The monoisotopic (exact) mass is 317 g/mol. The van der Waals surface area contributed by atoms with Crippen LogP contribution in [0.15, 0.2) is 40.9 Å². The molecule has 0 saturated heterocycles. The number of benzene rings is 1. The molecule has 0 fully saturated rings. The van der Waals surface area contributed by atoms with Crippen molar-refractivity contribution in [3.05, 3.63) is 53.3 Å². The number of fused-ring (bicyclic) bond motifs is 1. The third kappa shape index (κ3) is 2.52. The summed E-state index contributed by atoms with van der Waals surface area (Å²) in [6.07, 6.45) is 0. The summed E-state index contributed by atoms with van der Waals surface area (Å²) in [6.45, 7) is 5.88. The fourth-order valence-electron chi connectivity index (χ4n) is 2.60. The van der Waals surface area contributed by atoms with Gasteiger partial charge in [0.25, 0.3) is 5.89 Å². The summed E-state index contributed by atoms with van der Waals surface area (Å²) in [5.74, 6) is 0.876. The van der Waals surface area contributed by atoms with Crippen LogP contribution in [0.1, 0.15) is 17.0 Å².